The number of nitrogens with one attached hydrogen (secondary N) is 1. The molecule has 5 rings (SSSR count). The molecule has 0 saturated carbocycles. The van der Waals surface area contributed by atoms with Gasteiger partial charge in [0.1, 0.15) is 0 Å². The molecule has 0 radical (unpaired) electrons. The lowest BCUT2D eigenvalue weighted by Crippen LogP contribution is -2.62. The fraction of sp³-hybridized carbons (Fsp3) is 0.481. The summed E-state index contributed by atoms with van der Waals surface area (Å²) >= 11 is 0. The molecule has 0 spiro atoms. The SMILES string of the molecule is CC(NC(=O)C1Cc2ccccc2N2CCN(CC(=O)N3CCCC3)CC12)c1ccccc1. The van der Waals surface area contributed by atoms with Crippen molar-refractivity contribution in [3.63, 3.8) is 0 Å². The van der Waals surface area contributed by atoms with Crippen molar-refractivity contribution >= 4 is 17.5 Å². The first-order chi connectivity index (χ1) is 16.1. The number of likely N-dealkylation sites (tertiary alicyclic amines) is 1. The van der Waals surface area contributed by atoms with Crippen LogP contribution in [0.2, 0.25) is 0 Å². The van der Waals surface area contributed by atoms with Crippen molar-refractivity contribution in [1.29, 1.82) is 0 Å². The normalized spacial score (nSPS) is 23.5. The zero-order valence-corrected chi connectivity index (χ0v) is 19.5. The molecule has 174 valence electrons. The Morgan fingerprint density at radius 2 is 1.70 bits per heavy atom. The second kappa shape index (κ2) is 9.56. The van der Waals surface area contributed by atoms with Crippen LogP contribution in [0.1, 0.15) is 36.9 Å². The molecule has 2 saturated heterocycles. The molecule has 6 heteroatoms. The van der Waals surface area contributed by atoms with Crippen LogP contribution in [-0.4, -0.2) is 66.9 Å². The average Bonchev–Trinajstić information content (AvgIpc) is 3.39. The van der Waals surface area contributed by atoms with Gasteiger partial charge in [0.25, 0.3) is 0 Å². The second-order valence-corrected chi connectivity index (χ2v) is 9.66. The minimum absolute atomic E-state index is 0.0410. The van der Waals surface area contributed by atoms with E-state index in [2.05, 4.69) is 51.5 Å². The molecule has 33 heavy (non-hydrogen) atoms. The molecule has 3 aliphatic rings. The maximum atomic E-state index is 13.6. The van der Waals surface area contributed by atoms with Gasteiger partial charge in [0.2, 0.25) is 11.8 Å². The van der Waals surface area contributed by atoms with Crippen molar-refractivity contribution in [3.8, 4) is 0 Å². The molecule has 0 aromatic heterocycles. The third kappa shape index (κ3) is 4.62. The fourth-order valence-corrected chi connectivity index (χ4v) is 5.66. The molecule has 0 aliphatic carbocycles. The van der Waals surface area contributed by atoms with Gasteiger partial charge in [-0.25, -0.2) is 0 Å². The number of carbonyl (C=O) groups is 2. The maximum Gasteiger partial charge on any atom is 0.236 e. The third-order valence-electron chi connectivity index (χ3n) is 7.52. The molecule has 3 atom stereocenters. The Labute approximate surface area is 196 Å². The van der Waals surface area contributed by atoms with E-state index < -0.39 is 0 Å². The number of anilines is 1. The minimum atomic E-state index is -0.143. The van der Waals surface area contributed by atoms with E-state index >= 15 is 0 Å². The Morgan fingerprint density at radius 3 is 2.48 bits per heavy atom. The summed E-state index contributed by atoms with van der Waals surface area (Å²) in [5, 5.41) is 3.27. The van der Waals surface area contributed by atoms with Gasteiger partial charge < -0.3 is 15.1 Å². The van der Waals surface area contributed by atoms with Crippen LogP contribution in [0.3, 0.4) is 0 Å². The predicted molar refractivity (Wildman–Crippen MR) is 130 cm³/mol. The molecule has 0 bridgehead atoms. The van der Waals surface area contributed by atoms with Gasteiger partial charge in [0.05, 0.1) is 24.5 Å². The third-order valence-corrected chi connectivity index (χ3v) is 7.52. The highest BCUT2D eigenvalue weighted by Crippen LogP contribution is 2.36. The van der Waals surface area contributed by atoms with Gasteiger partial charge >= 0.3 is 0 Å². The van der Waals surface area contributed by atoms with E-state index in [1.54, 1.807) is 0 Å². The number of piperazine rings is 1. The Hall–Kier alpha value is -2.86. The molecule has 2 amide bonds. The topological polar surface area (TPSA) is 55.9 Å². The average molecular weight is 447 g/mol. The first-order valence-corrected chi connectivity index (χ1v) is 12.3. The van der Waals surface area contributed by atoms with E-state index in [1.807, 2.05) is 30.0 Å². The lowest BCUT2D eigenvalue weighted by Gasteiger charge is -2.49. The van der Waals surface area contributed by atoms with Crippen LogP contribution >= 0.6 is 0 Å². The lowest BCUT2D eigenvalue weighted by molar-refractivity contribution is -0.131. The van der Waals surface area contributed by atoms with Crippen LogP contribution in [0.5, 0.6) is 0 Å². The Bertz CT molecular complexity index is 989. The van der Waals surface area contributed by atoms with Crippen LogP contribution < -0.4 is 10.2 Å². The van der Waals surface area contributed by atoms with E-state index in [0.29, 0.717) is 6.54 Å². The van der Waals surface area contributed by atoms with E-state index in [1.165, 1.54) is 11.3 Å². The van der Waals surface area contributed by atoms with Gasteiger partial charge in [-0.15, -0.1) is 0 Å². The zero-order valence-electron chi connectivity index (χ0n) is 19.5. The molecule has 1 N–H and O–H groups in total. The maximum absolute atomic E-state index is 13.6. The number of amides is 2. The number of carbonyl (C=O) groups excluding carboxylic acids is 2. The Balaban J connectivity index is 1.33. The number of fused-ring (bicyclic) bond motifs is 3. The molecule has 3 unspecified atom stereocenters. The molecule has 2 aromatic carbocycles. The van der Waals surface area contributed by atoms with Crippen molar-refractivity contribution in [3.05, 3.63) is 65.7 Å². The number of hydrogen-bond acceptors (Lipinski definition) is 4. The summed E-state index contributed by atoms with van der Waals surface area (Å²) in [5.74, 6) is 0.190. The van der Waals surface area contributed by atoms with Crippen LogP contribution in [-0.2, 0) is 16.0 Å². The van der Waals surface area contributed by atoms with Crippen molar-refractivity contribution in [1.82, 2.24) is 15.1 Å². The summed E-state index contributed by atoms with van der Waals surface area (Å²) in [6, 6.07) is 18.6. The molecule has 2 aromatic rings. The molecule has 2 fully saturated rings. The van der Waals surface area contributed by atoms with Crippen molar-refractivity contribution in [2.24, 2.45) is 5.92 Å². The van der Waals surface area contributed by atoms with Gasteiger partial charge in [-0.05, 0) is 43.4 Å². The largest absolute Gasteiger partial charge is 0.365 e. The van der Waals surface area contributed by atoms with E-state index in [-0.39, 0.29) is 29.8 Å². The molecule has 3 aliphatic heterocycles. The Morgan fingerprint density at radius 1 is 0.970 bits per heavy atom. The van der Waals surface area contributed by atoms with Crippen molar-refractivity contribution in [2.45, 2.75) is 38.3 Å². The fourth-order valence-electron chi connectivity index (χ4n) is 5.66. The first-order valence-electron chi connectivity index (χ1n) is 12.3. The van der Waals surface area contributed by atoms with Crippen LogP contribution in [0.25, 0.3) is 0 Å². The van der Waals surface area contributed by atoms with Crippen molar-refractivity contribution in [2.75, 3.05) is 44.2 Å². The number of nitrogens with zero attached hydrogens (tertiary/aromatic N) is 3. The van der Waals surface area contributed by atoms with E-state index in [9.17, 15) is 9.59 Å². The summed E-state index contributed by atoms with van der Waals surface area (Å²) in [6.45, 7) is 6.71. The molecular formula is C27H34N4O2. The summed E-state index contributed by atoms with van der Waals surface area (Å²) in [4.78, 5) is 33.0. The summed E-state index contributed by atoms with van der Waals surface area (Å²) < 4.78 is 0. The van der Waals surface area contributed by atoms with Gasteiger partial charge in [-0.2, -0.15) is 0 Å². The monoisotopic (exact) mass is 446 g/mol. The highest BCUT2D eigenvalue weighted by Gasteiger charge is 2.42. The molecular weight excluding hydrogens is 412 g/mol. The lowest BCUT2D eigenvalue weighted by atomic mass is 9.83. The zero-order chi connectivity index (χ0) is 22.8. The smallest absolute Gasteiger partial charge is 0.236 e. The molecule has 6 nitrogen and oxygen atoms in total. The highest BCUT2D eigenvalue weighted by atomic mass is 16.2. The second-order valence-electron chi connectivity index (χ2n) is 9.66. The minimum Gasteiger partial charge on any atom is -0.365 e. The number of hydrogen-bond donors (Lipinski definition) is 1. The quantitative estimate of drug-likeness (QED) is 0.768. The summed E-state index contributed by atoms with van der Waals surface area (Å²) in [7, 11) is 0. The van der Waals surface area contributed by atoms with E-state index in [4.69, 9.17) is 0 Å². The van der Waals surface area contributed by atoms with Gasteiger partial charge in [0, 0.05) is 38.4 Å². The summed E-state index contributed by atoms with van der Waals surface area (Å²) in [5.41, 5.74) is 3.59. The predicted octanol–water partition coefficient (Wildman–Crippen LogP) is 2.85. The van der Waals surface area contributed by atoms with Gasteiger partial charge in [-0.1, -0.05) is 48.5 Å². The summed E-state index contributed by atoms with van der Waals surface area (Å²) in [6.07, 6.45) is 2.96. The van der Waals surface area contributed by atoms with Crippen LogP contribution in [0, 0.1) is 5.92 Å². The number of benzene rings is 2. The molecule has 3 heterocycles. The standard InChI is InChI=1S/C27H34N4O2/c1-20(21-9-3-2-4-10-21)28-27(33)23-17-22-11-5-6-12-24(22)31-16-15-29(18-25(23)31)19-26(32)30-13-7-8-14-30/h2-6,9-12,20,23,25H,7-8,13-19H2,1H3,(H,28,33). The number of para-hydroxylation sites is 1. The first kappa shape index (κ1) is 22.0. The van der Waals surface area contributed by atoms with Crippen LogP contribution in [0.15, 0.2) is 54.6 Å². The van der Waals surface area contributed by atoms with Gasteiger partial charge in [0.15, 0.2) is 0 Å². The van der Waals surface area contributed by atoms with E-state index in [0.717, 1.165) is 57.5 Å². The van der Waals surface area contributed by atoms with Crippen LogP contribution in [0.4, 0.5) is 5.69 Å². The highest BCUT2D eigenvalue weighted by molar-refractivity contribution is 5.83. The Kier molecular flexibility index (Phi) is 6.36. The number of rotatable bonds is 5. The van der Waals surface area contributed by atoms with Gasteiger partial charge in [-0.3, -0.25) is 14.5 Å². The van der Waals surface area contributed by atoms with Crippen molar-refractivity contribution < 1.29 is 9.59 Å².